The van der Waals surface area contributed by atoms with E-state index in [0.29, 0.717) is 83.2 Å². The SMILES string of the molecule is Cc1oncc1-c1ccc(-c2ccc(F)s2)c(CS(=O)(=O)c2cc(C(=O)O)ccc2C2CC2)c1.N#Cc1cc(CS(=O)(=O)c2cc(C(=O)O)ccc2C2CC2)c(-c2ccccn2)cc1F.N#Cc1ccc(-c2cccc(F)n2)c(CS(=O)(=O)c2cc(C(=O)O)ccc2C2CC2)c1.N#Cc1ccc(-c2cscn2)c(CS(=O)(=O)c2cc(C(=O)O)ccc2C2CC2)c1. The largest absolute Gasteiger partial charge is 0.478 e. The first-order chi connectivity index (χ1) is 59.7. The topological polar surface area (TPSA) is 422 Å². The molecule has 13 aromatic rings. The number of aromatic carboxylic acids is 4. The molecule has 4 N–H and O–H groups in total. The molecule has 0 atom stereocenters. The fraction of sp³-hybridized carbons (Fsp3) is 0.185. The number of rotatable bonds is 25. The number of thiazole rings is 1. The van der Waals surface area contributed by atoms with Crippen LogP contribution in [0.2, 0.25) is 0 Å². The number of halogens is 3. The number of aromatic nitrogens is 4. The van der Waals surface area contributed by atoms with E-state index in [1.165, 1.54) is 102 Å². The molecule has 0 spiro atoms. The van der Waals surface area contributed by atoms with Gasteiger partial charge in [-0.2, -0.15) is 24.6 Å². The van der Waals surface area contributed by atoms with E-state index in [-0.39, 0.29) is 110 Å². The third kappa shape index (κ3) is 20.6. The number of sulfone groups is 4. The van der Waals surface area contributed by atoms with Crippen molar-refractivity contribution in [2.75, 3.05) is 0 Å². The van der Waals surface area contributed by atoms with E-state index in [0.717, 1.165) is 79.9 Å². The summed E-state index contributed by atoms with van der Waals surface area (Å²) in [6, 6.07) is 51.9. The molecule has 24 nitrogen and oxygen atoms in total. The highest BCUT2D eigenvalue weighted by molar-refractivity contribution is 7.91. The van der Waals surface area contributed by atoms with Gasteiger partial charge in [0.05, 0.1) is 122 Å². The van der Waals surface area contributed by atoms with Crippen LogP contribution < -0.4 is 0 Å². The molecule has 4 aliphatic rings. The Morgan fingerprint density at radius 3 is 1.24 bits per heavy atom. The fourth-order valence-electron chi connectivity index (χ4n) is 14.5. The summed E-state index contributed by atoms with van der Waals surface area (Å²) >= 11 is 2.33. The number of carboxylic acid groups (broad SMARTS) is 4. The number of pyridine rings is 2. The molecular weight excluding hydrogens is 1720 g/mol. The molecule has 125 heavy (non-hydrogen) atoms. The normalized spacial score (nSPS) is 13.7. The van der Waals surface area contributed by atoms with E-state index in [9.17, 15) is 102 Å². The Balaban J connectivity index is 0.000000136. The summed E-state index contributed by atoms with van der Waals surface area (Å²) in [5.74, 6) is -6.93. The maximum absolute atomic E-state index is 14.3. The van der Waals surface area contributed by atoms with Gasteiger partial charge in [0.15, 0.2) is 44.5 Å². The first-order valence-corrected chi connectivity index (χ1v) is 47.0. The Morgan fingerprint density at radius 2 is 0.872 bits per heavy atom. The summed E-state index contributed by atoms with van der Waals surface area (Å²) in [6.07, 6.45) is 9.96. The van der Waals surface area contributed by atoms with Crippen molar-refractivity contribution in [2.24, 2.45) is 0 Å². The molecule has 4 fully saturated rings. The Kier molecular flexibility index (Phi) is 25.7. The van der Waals surface area contributed by atoms with Crippen LogP contribution in [0.5, 0.6) is 0 Å². The number of carboxylic acids is 4. The summed E-state index contributed by atoms with van der Waals surface area (Å²) in [4.78, 5) is 58.7. The summed E-state index contributed by atoms with van der Waals surface area (Å²) in [5, 5.41) is 70.4. The van der Waals surface area contributed by atoms with Crippen LogP contribution in [0.3, 0.4) is 0 Å². The molecule has 17 rings (SSSR count). The van der Waals surface area contributed by atoms with E-state index in [2.05, 4.69) is 20.1 Å². The van der Waals surface area contributed by atoms with Gasteiger partial charge in [0.2, 0.25) is 5.95 Å². The Labute approximate surface area is 723 Å². The van der Waals surface area contributed by atoms with Crippen molar-refractivity contribution in [3.63, 3.8) is 0 Å². The van der Waals surface area contributed by atoms with Gasteiger partial charge in [0, 0.05) is 38.7 Å². The molecule has 4 aliphatic carbocycles. The van der Waals surface area contributed by atoms with Crippen LogP contribution in [0.1, 0.15) is 183 Å². The predicted octanol–water partition coefficient (Wildman–Crippen LogP) is 18.9. The molecule has 5 aromatic heterocycles. The minimum atomic E-state index is -4.00. The monoisotopic (exact) mass is 1790 g/mol. The average molecular weight is 1800 g/mol. The van der Waals surface area contributed by atoms with E-state index in [1.54, 1.807) is 116 Å². The minimum Gasteiger partial charge on any atom is -0.478 e. The summed E-state index contributed by atoms with van der Waals surface area (Å²) < 4.78 is 155. The van der Waals surface area contributed by atoms with Crippen LogP contribution in [0.25, 0.3) is 55.3 Å². The highest BCUT2D eigenvalue weighted by Crippen LogP contribution is 2.49. The molecule has 0 saturated heterocycles. The second-order valence-electron chi connectivity index (χ2n) is 30.1. The zero-order chi connectivity index (χ0) is 89.0. The number of hydrogen-bond donors (Lipinski definition) is 4. The number of aryl methyl sites for hydroxylation is 1. The van der Waals surface area contributed by atoms with Gasteiger partial charge in [-0.15, -0.1) is 22.7 Å². The Morgan fingerprint density at radius 1 is 0.440 bits per heavy atom. The van der Waals surface area contributed by atoms with Crippen LogP contribution in [0, 0.1) is 57.8 Å². The van der Waals surface area contributed by atoms with Crippen LogP contribution in [0.4, 0.5) is 13.2 Å². The smallest absolute Gasteiger partial charge is 0.335 e. The predicted molar refractivity (Wildman–Crippen MR) is 456 cm³/mol. The van der Waals surface area contributed by atoms with Gasteiger partial charge in [0.25, 0.3) is 0 Å². The zero-order valence-electron chi connectivity index (χ0n) is 65.8. The number of nitrogens with zero attached hydrogens (tertiary/aromatic N) is 7. The molecule has 4 saturated carbocycles. The number of thiophene rings is 1. The quantitative estimate of drug-likeness (QED) is 0.0386. The Bertz CT molecular complexity index is 7110. The van der Waals surface area contributed by atoms with E-state index >= 15 is 0 Å². The van der Waals surface area contributed by atoms with Gasteiger partial charge < -0.3 is 24.9 Å². The average Bonchev–Trinajstić information content (AvgIpc) is 1.69. The molecule has 8 aromatic carbocycles. The van der Waals surface area contributed by atoms with E-state index < -0.39 is 86.5 Å². The van der Waals surface area contributed by atoms with Crippen molar-refractivity contribution in [1.82, 2.24) is 20.1 Å². The van der Waals surface area contributed by atoms with Crippen LogP contribution in [-0.2, 0) is 62.4 Å². The lowest BCUT2D eigenvalue weighted by atomic mass is 10.00. The van der Waals surface area contributed by atoms with Crippen molar-refractivity contribution in [3.05, 3.63) is 317 Å². The molecule has 0 unspecified atom stereocenters. The van der Waals surface area contributed by atoms with E-state index in [1.807, 2.05) is 23.6 Å². The molecule has 632 valence electrons. The first kappa shape index (κ1) is 87.9. The van der Waals surface area contributed by atoms with Gasteiger partial charge in [-0.1, -0.05) is 65.8 Å². The molecular formula is C92H70F3N7O17S6. The maximum atomic E-state index is 14.3. The minimum absolute atomic E-state index is 0.0181. The number of carbonyl (C=O) groups is 4. The second kappa shape index (κ2) is 36.5. The van der Waals surface area contributed by atoms with Gasteiger partial charge in [-0.3, -0.25) is 4.98 Å². The standard InChI is InChI=1S/C25H20FNO5S2.2C23H17FN2O4S.C21H16N2O4S2/c1-14-21(12-27-32-14)16-4-6-19(22-8-9-24(26)33-22)18(10-16)13-34(30,31)23-11-17(25(28)29)5-7-20(23)15-2-3-15;24-22-3-1-2-20(26-22)18-8-4-14(12-25)10-17(18)13-31(29,30)21-11-16(23(27)28)7-9-19(21)15-5-6-15;24-20-11-19(21-3-1-2-8-26-21)17(9-16(20)12-25)13-31(29,30)22-10-15(23(27)28)6-7-18(22)14-4-5-14;22-9-13-1-5-17(19-10-28-12-23-19)16(7-13)11-29(26,27)20-8-15(21(24)25)4-6-18(20)14-2-3-14/h4-12,15H,2-3,13H2,1H3,(H,28,29);1-4,7-11,15H,5-6,13H2,(H,27,28);1-3,6-11,14H,4-5,13H2,(H,27,28);1,4-8,10,12,14H,2-3,11H2,(H,24,25). The molecule has 0 amide bonds. The fourth-order valence-corrected chi connectivity index (χ4v) is 22.7. The lowest BCUT2D eigenvalue weighted by molar-refractivity contribution is 0.0685. The maximum Gasteiger partial charge on any atom is 0.335 e. The summed E-state index contributed by atoms with van der Waals surface area (Å²) in [5.41, 5.74) is 10.3. The number of nitriles is 3. The summed E-state index contributed by atoms with van der Waals surface area (Å²) in [6.45, 7) is 1.76. The lowest BCUT2D eigenvalue weighted by Gasteiger charge is -2.14. The summed E-state index contributed by atoms with van der Waals surface area (Å²) in [7, 11) is -15.7. The van der Waals surface area contributed by atoms with Crippen LogP contribution >= 0.6 is 22.7 Å². The van der Waals surface area contributed by atoms with E-state index in [4.69, 9.17) is 4.52 Å². The van der Waals surface area contributed by atoms with Crippen LogP contribution in [-0.4, -0.2) is 98.1 Å². The number of hydrogen-bond acceptors (Lipinski definition) is 22. The molecule has 5 heterocycles. The van der Waals surface area contributed by atoms with Gasteiger partial charge in [0.1, 0.15) is 17.6 Å². The molecule has 0 radical (unpaired) electrons. The van der Waals surface area contributed by atoms with Gasteiger partial charge in [-0.25, -0.2) is 67.2 Å². The third-order valence-electron chi connectivity index (χ3n) is 21.3. The molecule has 33 heteroatoms. The zero-order valence-corrected chi connectivity index (χ0v) is 70.7. The number of benzene rings is 8. The van der Waals surface area contributed by atoms with Crippen molar-refractivity contribution < 1.29 is 91.0 Å². The second-order valence-corrected chi connectivity index (χ2v) is 39.7. The van der Waals surface area contributed by atoms with Gasteiger partial charge in [-0.05, 0) is 265 Å². The highest BCUT2D eigenvalue weighted by Gasteiger charge is 2.37. The van der Waals surface area contributed by atoms with Gasteiger partial charge >= 0.3 is 23.9 Å². The third-order valence-corrected chi connectivity index (χ3v) is 29.6. The molecule has 0 bridgehead atoms. The van der Waals surface area contributed by atoms with Crippen LogP contribution in [0.15, 0.2) is 235 Å². The van der Waals surface area contributed by atoms with Crippen molar-refractivity contribution in [1.29, 1.82) is 15.8 Å². The molecule has 0 aliphatic heterocycles. The van der Waals surface area contributed by atoms with Crippen molar-refractivity contribution in [2.45, 2.75) is 125 Å². The van der Waals surface area contributed by atoms with Crippen molar-refractivity contribution >= 4 is 85.9 Å². The highest BCUT2D eigenvalue weighted by atomic mass is 32.2. The lowest BCUT2D eigenvalue weighted by Crippen LogP contribution is -2.11. The Hall–Kier alpha value is -13.5. The van der Waals surface area contributed by atoms with Crippen molar-refractivity contribution in [3.8, 4) is 73.5 Å². The first-order valence-electron chi connectivity index (χ1n) is 38.6.